The molecule has 0 bridgehead atoms. The summed E-state index contributed by atoms with van der Waals surface area (Å²) in [6, 6.07) is 3.18. The first-order valence-electron chi connectivity index (χ1n) is 5.36. The van der Waals surface area contributed by atoms with Gasteiger partial charge in [0.05, 0.1) is 6.54 Å². The van der Waals surface area contributed by atoms with Gasteiger partial charge in [-0.15, -0.1) is 0 Å². The van der Waals surface area contributed by atoms with Gasteiger partial charge in [-0.1, -0.05) is 0 Å². The highest BCUT2D eigenvalue weighted by atomic mass is 32.2. The van der Waals surface area contributed by atoms with Crippen LogP contribution < -0.4 is 10.0 Å². The minimum absolute atomic E-state index is 0.0911. The molecule has 1 atom stereocenters. The Morgan fingerprint density at radius 2 is 2.18 bits per heavy atom. The maximum atomic E-state index is 11.4. The molecular weight excluding hydrogens is 244 g/mol. The summed E-state index contributed by atoms with van der Waals surface area (Å²) in [5.41, 5.74) is 0. The summed E-state index contributed by atoms with van der Waals surface area (Å²) >= 11 is 0. The summed E-state index contributed by atoms with van der Waals surface area (Å²) in [6.45, 7) is 2.48. The molecule has 0 saturated heterocycles. The van der Waals surface area contributed by atoms with Gasteiger partial charge < -0.3 is 14.8 Å². The Kier molecular flexibility index (Phi) is 5.13. The summed E-state index contributed by atoms with van der Waals surface area (Å²) < 4.78 is 30.2. The number of aliphatic hydroxyl groups is 1. The molecule has 0 amide bonds. The highest BCUT2D eigenvalue weighted by Crippen LogP contribution is 2.13. The third kappa shape index (κ3) is 4.12. The normalized spacial score (nSPS) is 13.8. The second-order valence-corrected chi connectivity index (χ2v) is 5.54. The first kappa shape index (κ1) is 14.2. The minimum Gasteiger partial charge on any atom is -0.447 e. The molecule has 98 valence electrons. The molecule has 0 aliphatic heterocycles. The fourth-order valence-electron chi connectivity index (χ4n) is 1.27. The molecule has 1 unspecified atom stereocenters. The maximum Gasteiger partial charge on any atom is 0.273 e. The fourth-order valence-corrected chi connectivity index (χ4v) is 1.93. The standard InChI is InChI=1S/C10H18N2O4S/c1-8(5-6-13)12-7-9-3-4-10(16-9)17(14,15)11-2/h3-4,8,11-13H,5-7H2,1-2H3. The molecule has 0 aromatic carbocycles. The van der Waals surface area contributed by atoms with Crippen molar-refractivity contribution in [3.63, 3.8) is 0 Å². The van der Waals surface area contributed by atoms with Gasteiger partial charge in [-0.25, -0.2) is 13.1 Å². The number of furan rings is 1. The lowest BCUT2D eigenvalue weighted by Crippen LogP contribution is -2.26. The van der Waals surface area contributed by atoms with Crippen molar-refractivity contribution >= 4 is 10.0 Å². The minimum atomic E-state index is -3.51. The molecule has 3 N–H and O–H groups in total. The predicted octanol–water partition coefficient (Wildman–Crippen LogP) is 0.0482. The van der Waals surface area contributed by atoms with E-state index in [1.165, 1.54) is 13.1 Å². The van der Waals surface area contributed by atoms with E-state index in [0.29, 0.717) is 18.7 Å². The summed E-state index contributed by atoms with van der Waals surface area (Å²) in [4.78, 5) is 0. The van der Waals surface area contributed by atoms with Crippen molar-refractivity contribution in [2.45, 2.75) is 31.0 Å². The quantitative estimate of drug-likeness (QED) is 0.645. The predicted molar refractivity (Wildman–Crippen MR) is 63.0 cm³/mol. The number of rotatable bonds is 7. The van der Waals surface area contributed by atoms with Crippen molar-refractivity contribution in [2.75, 3.05) is 13.7 Å². The number of hydrogen-bond acceptors (Lipinski definition) is 5. The summed E-state index contributed by atoms with van der Waals surface area (Å²) in [5.74, 6) is 0.545. The Hall–Kier alpha value is -0.890. The van der Waals surface area contributed by atoms with Crippen LogP contribution >= 0.6 is 0 Å². The van der Waals surface area contributed by atoms with E-state index in [2.05, 4.69) is 10.0 Å². The zero-order chi connectivity index (χ0) is 12.9. The third-order valence-corrected chi connectivity index (χ3v) is 3.64. The lowest BCUT2D eigenvalue weighted by molar-refractivity contribution is 0.266. The van der Waals surface area contributed by atoms with Crippen molar-refractivity contribution in [2.24, 2.45) is 0 Å². The van der Waals surface area contributed by atoms with E-state index in [1.54, 1.807) is 6.07 Å². The van der Waals surface area contributed by atoms with Crippen molar-refractivity contribution < 1.29 is 17.9 Å². The highest BCUT2D eigenvalue weighted by Gasteiger charge is 2.16. The van der Waals surface area contributed by atoms with Gasteiger partial charge in [0.15, 0.2) is 0 Å². The van der Waals surface area contributed by atoms with Crippen LogP contribution in [0.15, 0.2) is 21.6 Å². The lowest BCUT2D eigenvalue weighted by atomic mass is 10.2. The summed E-state index contributed by atoms with van der Waals surface area (Å²) in [7, 11) is -2.18. The van der Waals surface area contributed by atoms with Crippen molar-refractivity contribution in [3.8, 4) is 0 Å². The second-order valence-electron chi connectivity index (χ2n) is 3.72. The van der Waals surface area contributed by atoms with Gasteiger partial charge in [0, 0.05) is 12.6 Å². The van der Waals surface area contributed by atoms with Crippen LogP contribution in [0.1, 0.15) is 19.1 Å². The Morgan fingerprint density at radius 3 is 2.76 bits per heavy atom. The first-order chi connectivity index (χ1) is 7.99. The smallest absolute Gasteiger partial charge is 0.273 e. The van der Waals surface area contributed by atoms with Crippen LogP contribution in [0.4, 0.5) is 0 Å². The highest BCUT2D eigenvalue weighted by molar-refractivity contribution is 7.89. The fraction of sp³-hybridized carbons (Fsp3) is 0.600. The molecular formula is C10H18N2O4S. The van der Waals surface area contributed by atoms with Gasteiger partial charge in [-0.05, 0) is 32.5 Å². The van der Waals surface area contributed by atoms with Crippen LogP contribution in [0.2, 0.25) is 0 Å². The number of sulfonamides is 1. The lowest BCUT2D eigenvalue weighted by Gasteiger charge is -2.10. The molecule has 17 heavy (non-hydrogen) atoms. The van der Waals surface area contributed by atoms with Gasteiger partial charge in [0.1, 0.15) is 5.76 Å². The molecule has 1 heterocycles. The largest absolute Gasteiger partial charge is 0.447 e. The summed E-state index contributed by atoms with van der Waals surface area (Å²) in [5, 5.41) is 11.7. The van der Waals surface area contributed by atoms with Crippen LogP contribution in [0.3, 0.4) is 0 Å². The molecule has 0 radical (unpaired) electrons. The molecule has 7 heteroatoms. The molecule has 0 spiro atoms. The Morgan fingerprint density at radius 1 is 1.47 bits per heavy atom. The molecule has 0 saturated carbocycles. The zero-order valence-corrected chi connectivity index (χ0v) is 10.8. The van der Waals surface area contributed by atoms with Crippen LogP contribution in [0.5, 0.6) is 0 Å². The van der Waals surface area contributed by atoms with Crippen molar-refractivity contribution in [1.29, 1.82) is 0 Å². The second kappa shape index (κ2) is 6.15. The molecule has 6 nitrogen and oxygen atoms in total. The average molecular weight is 262 g/mol. The van der Waals surface area contributed by atoms with E-state index in [0.717, 1.165) is 0 Å². The number of aliphatic hydroxyl groups excluding tert-OH is 1. The van der Waals surface area contributed by atoms with Crippen molar-refractivity contribution in [1.82, 2.24) is 10.0 Å². The van der Waals surface area contributed by atoms with E-state index < -0.39 is 10.0 Å². The monoisotopic (exact) mass is 262 g/mol. The Bertz CT molecular complexity index is 441. The van der Waals surface area contributed by atoms with E-state index in [4.69, 9.17) is 9.52 Å². The van der Waals surface area contributed by atoms with Gasteiger partial charge >= 0.3 is 0 Å². The maximum absolute atomic E-state index is 11.4. The molecule has 0 fully saturated rings. The van der Waals surface area contributed by atoms with Crippen LogP contribution in [0.25, 0.3) is 0 Å². The average Bonchev–Trinajstić information content (AvgIpc) is 2.76. The van der Waals surface area contributed by atoms with Gasteiger partial charge in [-0.3, -0.25) is 0 Å². The molecule has 0 aliphatic carbocycles. The van der Waals surface area contributed by atoms with Gasteiger partial charge in [0.2, 0.25) is 5.09 Å². The van der Waals surface area contributed by atoms with E-state index in [1.807, 2.05) is 6.92 Å². The van der Waals surface area contributed by atoms with E-state index in [9.17, 15) is 8.42 Å². The van der Waals surface area contributed by atoms with Gasteiger partial charge in [-0.2, -0.15) is 0 Å². The van der Waals surface area contributed by atoms with E-state index >= 15 is 0 Å². The van der Waals surface area contributed by atoms with Crippen LogP contribution in [0, 0.1) is 0 Å². The van der Waals surface area contributed by atoms with Crippen LogP contribution in [-0.4, -0.2) is 33.2 Å². The molecule has 1 aromatic heterocycles. The van der Waals surface area contributed by atoms with Crippen LogP contribution in [-0.2, 0) is 16.6 Å². The zero-order valence-electron chi connectivity index (χ0n) is 9.93. The molecule has 1 aromatic rings. The summed E-state index contributed by atoms with van der Waals surface area (Å²) in [6.07, 6.45) is 0.641. The SMILES string of the molecule is CNS(=O)(=O)c1ccc(CNC(C)CCO)o1. The first-order valence-corrected chi connectivity index (χ1v) is 6.84. The van der Waals surface area contributed by atoms with Crippen molar-refractivity contribution in [3.05, 3.63) is 17.9 Å². The Balaban J connectivity index is 2.58. The van der Waals surface area contributed by atoms with Gasteiger partial charge in [0.25, 0.3) is 10.0 Å². The molecule has 0 aliphatic rings. The Labute approximate surface area is 101 Å². The number of hydrogen-bond donors (Lipinski definition) is 3. The molecule has 1 rings (SSSR count). The topological polar surface area (TPSA) is 91.6 Å². The van der Waals surface area contributed by atoms with E-state index in [-0.39, 0.29) is 17.7 Å². The number of nitrogens with one attached hydrogen (secondary N) is 2. The third-order valence-electron chi connectivity index (χ3n) is 2.36.